The Labute approximate surface area is 82.3 Å². The average Bonchev–Trinajstić information content (AvgIpc) is 3.01. The second-order valence-electron chi connectivity index (χ2n) is 2.66. The molecule has 0 spiro atoms. The summed E-state index contributed by atoms with van der Waals surface area (Å²) in [7, 11) is 0. The molecule has 0 fully saturated rings. The number of aromatic amines is 3. The Morgan fingerprint density at radius 2 is 2.20 bits per heavy atom. The summed E-state index contributed by atoms with van der Waals surface area (Å²) in [6, 6.07) is 0. The maximum atomic E-state index is 3.98. The Kier molecular flexibility index (Phi) is 1.54. The summed E-state index contributed by atoms with van der Waals surface area (Å²) >= 11 is 0. The molecule has 0 amide bonds. The molecule has 3 aromatic rings. The van der Waals surface area contributed by atoms with E-state index in [2.05, 4.69) is 52.2 Å². The van der Waals surface area contributed by atoms with Crippen molar-refractivity contribution in [1.29, 1.82) is 0 Å². The normalized spacial score (nSPS) is 10.7. The molecule has 1 radical (unpaired) electrons. The lowest BCUT2D eigenvalue weighted by Gasteiger charge is -1.91. The predicted octanol–water partition coefficient (Wildman–Crippen LogP) is -0.825. The third kappa shape index (κ3) is 1.17. The number of H-pyrrole nitrogens is 3. The van der Waals surface area contributed by atoms with E-state index in [-0.39, 0.29) is 0 Å². The van der Waals surface area contributed by atoms with Crippen molar-refractivity contribution in [1.82, 2.24) is 46.0 Å². The minimum atomic E-state index is 0.470. The zero-order valence-corrected chi connectivity index (χ0v) is 7.26. The first kappa shape index (κ1) is 7.79. The fourth-order valence-electron chi connectivity index (χ4n) is 1.17. The van der Waals surface area contributed by atoms with Crippen LogP contribution in [0.25, 0.3) is 22.9 Å². The van der Waals surface area contributed by atoms with Gasteiger partial charge in [0.2, 0.25) is 5.82 Å². The van der Waals surface area contributed by atoms with Crippen molar-refractivity contribution in [2.24, 2.45) is 0 Å². The molecule has 3 heterocycles. The van der Waals surface area contributed by atoms with Gasteiger partial charge in [0.05, 0.1) is 0 Å². The van der Waals surface area contributed by atoms with E-state index in [1.165, 1.54) is 6.33 Å². The molecule has 0 bridgehead atoms. The number of nitrogens with zero attached hydrogens (tertiary/aromatic N) is 6. The number of hydrogen-bond acceptors (Lipinski definition) is 6. The minimum Gasteiger partial charge on any atom is -0.265 e. The average molecular weight is 202 g/mol. The Morgan fingerprint density at radius 1 is 1.20 bits per heavy atom. The highest BCUT2D eigenvalue weighted by Crippen LogP contribution is 2.22. The maximum absolute atomic E-state index is 3.98. The molecule has 0 atom stereocenters. The van der Waals surface area contributed by atoms with Crippen LogP contribution in [0.2, 0.25) is 0 Å². The fraction of sp³-hybridized carbons (Fsp3) is 0. The van der Waals surface area contributed by atoms with E-state index in [0.29, 0.717) is 22.9 Å². The van der Waals surface area contributed by atoms with Gasteiger partial charge in [-0.25, -0.2) is 4.98 Å². The first-order chi connectivity index (χ1) is 7.45. The van der Waals surface area contributed by atoms with Crippen molar-refractivity contribution in [3.8, 4) is 22.9 Å². The van der Waals surface area contributed by atoms with Crippen molar-refractivity contribution in [3.05, 3.63) is 12.5 Å². The molecule has 9 nitrogen and oxygen atoms in total. The van der Waals surface area contributed by atoms with Crippen LogP contribution in [0.15, 0.2) is 6.33 Å². The van der Waals surface area contributed by atoms with Gasteiger partial charge < -0.3 is 0 Å². The lowest BCUT2D eigenvalue weighted by molar-refractivity contribution is 0.929. The highest BCUT2D eigenvalue weighted by atomic mass is 15.4. The first-order valence-corrected chi connectivity index (χ1v) is 4.01. The molecule has 15 heavy (non-hydrogen) atoms. The number of nitrogens with one attached hydrogen (secondary N) is 3. The summed E-state index contributed by atoms with van der Waals surface area (Å²) in [5.41, 5.74) is 1.64. The third-order valence-corrected chi connectivity index (χ3v) is 1.80. The van der Waals surface area contributed by atoms with Crippen LogP contribution in [0, 0.1) is 6.20 Å². The second-order valence-corrected chi connectivity index (χ2v) is 2.66. The molecular weight excluding hydrogens is 198 g/mol. The van der Waals surface area contributed by atoms with Crippen LogP contribution in [-0.2, 0) is 0 Å². The van der Waals surface area contributed by atoms with Gasteiger partial charge in [0.1, 0.15) is 29.6 Å². The molecule has 9 heteroatoms. The van der Waals surface area contributed by atoms with E-state index in [1.807, 2.05) is 0 Å². The molecule has 0 unspecified atom stereocenters. The van der Waals surface area contributed by atoms with E-state index in [0.717, 1.165) is 0 Å². The largest absolute Gasteiger partial charge is 0.265 e. The Morgan fingerprint density at radius 3 is 2.93 bits per heavy atom. The van der Waals surface area contributed by atoms with Crippen molar-refractivity contribution in [2.45, 2.75) is 0 Å². The standard InChI is InChI=1S/C6H4N9/c1-3(10-14-8-1)4-5(12-15-11-4)6-7-2-9-13-6/h2H,(H,7,9,13)(H,8,10,14)(H,11,12,15). The van der Waals surface area contributed by atoms with Crippen LogP contribution in [0.1, 0.15) is 0 Å². The first-order valence-electron chi connectivity index (χ1n) is 4.01. The lowest BCUT2D eigenvalue weighted by Crippen LogP contribution is -1.86. The highest BCUT2D eigenvalue weighted by molar-refractivity contribution is 5.70. The van der Waals surface area contributed by atoms with Gasteiger partial charge in [0.25, 0.3) is 0 Å². The van der Waals surface area contributed by atoms with E-state index in [9.17, 15) is 0 Å². The molecule has 3 N–H and O–H groups in total. The van der Waals surface area contributed by atoms with Gasteiger partial charge in [-0.05, 0) is 0 Å². The Hall–Kier alpha value is -2.58. The molecule has 0 saturated carbocycles. The quantitative estimate of drug-likeness (QED) is 0.498. The fourth-order valence-corrected chi connectivity index (χ4v) is 1.17. The van der Waals surface area contributed by atoms with Crippen molar-refractivity contribution in [2.75, 3.05) is 0 Å². The summed E-state index contributed by atoms with van der Waals surface area (Å²) in [5.74, 6) is 0.470. The van der Waals surface area contributed by atoms with Gasteiger partial charge in [0, 0.05) is 0 Å². The minimum absolute atomic E-state index is 0.470. The summed E-state index contributed by atoms with van der Waals surface area (Å²) < 4.78 is 0. The van der Waals surface area contributed by atoms with Gasteiger partial charge in [-0.15, -0.1) is 10.2 Å². The molecule has 3 aromatic heterocycles. The van der Waals surface area contributed by atoms with Crippen LogP contribution >= 0.6 is 0 Å². The monoisotopic (exact) mass is 202 g/mol. The molecule has 0 aliphatic carbocycles. The molecular formula is C6H4N9. The van der Waals surface area contributed by atoms with Crippen molar-refractivity contribution in [3.63, 3.8) is 0 Å². The number of hydrogen-bond donors (Lipinski definition) is 3. The molecule has 0 aliphatic heterocycles. The SMILES string of the molecule is [c]1nn[nH]c1-c1nn[nH]c1-c1nc[nH]n1. The maximum Gasteiger partial charge on any atom is 0.201 e. The van der Waals surface area contributed by atoms with Gasteiger partial charge in [-0.2, -0.15) is 5.10 Å². The predicted molar refractivity (Wildman–Crippen MR) is 46.0 cm³/mol. The highest BCUT2D eigenvalue weighted by Gasteiger charge is 2.15. The van der Waals surface area contributed by atoms with Crippen molar-refractivity contribution < 1.29 is 0 Å². The Balaban J connectivity index is 2.15. The van der Waals surface area contributed by atoms with Gasteiger partial charge in [-0.1, -0.05) is 10.4 Å². The van der Waals surface area contributed by atoms with E-state index < -0.39 is 0 Å². The van der Waals surface area contributed by atoms with Crippen LogP contribution < -0.4 is 0 Å². The van der Waals surface area contributed by atoms with Crippen molar-refractivity contribution >= 4 is 0 Å². The Bertz CT molecular complexity index is 484. The molecule has 0 aromatic carbocycles. The smallest absolute Gasteiger partial charge is 0.201 e. The zero-order chi connectivity index (χ0) is 10.1. The van der Waals surface area contributed by atoms with Gasteiger partial charge in [0.15, 0.2) is 0 Å². The molecule has 73 valence electrons. The lowest BCUT2D eigenvalue weighted by atomic mass is 10.2. The second kappa shape index (κ2) is 2.97. The molecule has 0 saturated heterocycles. The summed E-state index contributed by atoms with van der Waals surface area (Å²) in [6.45, 7) is 0. The van der Waals surface area contributed by atoms with E-state index >= 15 is 0 Å². The van der Waals surface area contributed by atoms with Crippen LogP contribution in [-0.4, -0.2) is 46.0 Å². The number of aromatic nitrogens is 9. The van der Waals surface area contributed by atoms with E-state index in [4.69, 9.17) is 0 Å². The topological polar surface area (TPSA) is 125 Å². The van der Waals surface area contributed by atoms with Crippen LogP contribution in [0.4, 0.5) is 0 Å². The van der Waals surface area contributed by atoms with Crippen LogP contribution in [0.5, 0.6) is 0 Å². The van der Waals surface area contributed by atoms with E-state index in [1.54, 1.807) is 0 Å². The van der Waals surface area contributed by atoms with Gasteiger partial charge >= 0.3 is 0 Å². The summed E-state index contributed by atoms with van der Waals surface area (Å²) in [6.07, 6.45) is 4.10. The van der Waals surface area contributed by atoms with Crippen LogP contribution in [0.3, 0.4) is 0 Å². The molecule has 0 aliphatic rings. The summed E-state index contributed by atoms with van der Waals surface area (Å²) in [4.78, 5) is 3.98. The van der Waals surface area contributed by atoms with Gasteiger partial charge in [-0.3, -0.25) is 15.3 Å². The number of rotatable bonds is 2. The molecule has 3 rings (SSSR count). The third-order valence-electron chi connectivity index (χ3n) is 1.80. The zero-order valence-electron chi connectivity index (χ0n) is 7.26. The summed E-state index contributed by atoms with van der Waals surface area (Å²) in [5, 5.41) is 26.5.